The van der Waals surface area contributed by atoms with Gasteiger partial charge in [0.25, 0.3) is 5.91 Å². The van der Waals surface area contributed by atoms with Crippen LogP contribution >= 0.6 is 27.5 Å². The van der Waals surface area contributed by atoms with Gasteiger partial charge in [0.15, 0.2) is 6.61 Å². The van der Waals surface area contributed by atoms with Crippen LogP contribution in [0.3, 0.4) is 0 Å². The van der Waals surface area contributed by atoms with Gasteiger partial charge in [0, 0.05) is 11.0 Å². The van der Waals surface area contributed by atoms with Crippen molar-refractivity contribution in [3.05, 3.63) is 57.5 Å². The van der Waals surface area contributed by atoms with Crippen molar-refractivity contribution in [3.8, 4) is 5.75 Å². The highest BCUT2D eigenvalue weighted by atomic mass is 79.9. The molecule has 2 N–H and O–H groups in total. The molecule has 2 aromatic rings. The first kappa shape index (κ1) is 22.7. The van der Waals surface area contributed by atoms with Gasteiger partial charge in [-0.2, -0.15) is 0 Å². The first-order chi connectivity index (χ1) is 13.2. The van der Waals surface area contributed by atoms with Crippen molar-refractivity contribution in [2.24, 2.45) is 0 Å². The number of hydrogen-bond donors (Lipinski definition) is 2. The maximum atomic E-state index is 12.1. The summed E-state index contributed by atoms with van der Waals surface area (Å²) in [6.07, 6.45) is 0.682. The van der Waals surface area contributed by atoms with E-state index in [1.807, 2.05) is 38.1 Å². The quantitative estimate of drug-likeness (QED) is 0.557. The topological polar surface area (TPSA) is 84.5 Å². The highest BCUT2D eigenvalue weighted by Crippen LogP contribution is 2.27. The minimum atomic E-state index is -3.62. The third-order valence-corrected chi connectivity index (χ3v) is 6.14. The Morgan fingerprint density at radius 2 is 1.89 bits per heavy atom. The van der Waals surface area contributed by atoms with Crippen LogP contribution in [0.4, 0.5) is 0 Å². The largest absolute Gasteiger partial charge is 0.482 e. The first-order valence-electron chi connectivity index (χ1n) is 8.69. The van der Waals surface area contributed by atoms with Gasteiger partial charge in [-0.05, 0) is 49.2 Å². The molecule has 0 aliphatic carbocycles. The van der Waals surface area contributed by atoms with Crippen LogP contribution in [-0.2, 0) is 14.8 Å². The fraction of sp³-hybridized carbons (Fsp3) is 0.316. The lowest BCUT2D eigenvalue weighted by Gasteiger charge is -2.15. The van der Waals surface area contributed by atoms with Crippen LogP contribution in [-0.4, -0.2) is 27.5 Å². The number of benzene rings is 2. The molecule has 0 fully saturated rings. The van der Waals surface area contributed by atoms with E-state index in [1.54, 1.807) is 0 Å². The molecule has 6 nitrogen and oxygen atoms in total. The zero-order valence-corrected chi connectivity index (χ0v) is 18.7. The smallest absolute Gasteiger partial charge is 0.258 e. The summed E-state index contributed by atoms with van der Waals surface area (Å²) in [7, 11) is -3.62. The average Bonchev–Trinajstić information content (AvgIpc) is 2.65. The number of nitrogens with one attached hydrogen (secondary N) is 2. The molecule has 9 heteroatoms. The second kappa shape index (κ2) is 10.2. The van der Waals surface area contributed by atoms with E-state index in [2.05, 4.69) is 26.0 Å². The molecule has 0 aliphatic heterocycles. The summed E-state index contributed by atoms with van der Waals surface area (Å²) in [5.74, 6) is -0.0738. The van der Waals surface area contributed by atoms with Gasteiger partial charge < -0.3 is 10.1 Å². The zero-order chi connectivity index (χ0) is 20.7. The molecule has 1 amide bonds. The Bertz CT molecular complexity index is 920. The van der Waals surface area contributed by atoms with E-state index in [9.17, 15) is 13.2 Å². The summed E-state index contributed by atoms with van der Waals surface area (Å²) >= 11 is 9.49. The molecule has 2 aromatic carbocycles. The van der Waals surface area contributed by atoms with Crippen LogP contribution in [0.5, 0.6) is 5.75 Å². The van der Waals surface area contributed by atoms with Crippen molar-refractivity contribution in [1.29, 1.82) is 0 Å². The van der Waals surface area contributed by atoms with Gasteiger partial charge in [-0.1, -0.05) is 46.6 Å². The third-order valence-electron chi connectivity index (χ3n) is 3.86. The summed E-state index contributed by atoms with van der Waals surface area (Å²) in [6, 6.07) is 11.6. The summed E-state index contributed by atoms with van der Waals surface area (Å²) in [5, 5.41) is 2.95. The third kappa shape index (κ3) is 6.48. The SMILES string of the molecule is CCCNS(=O)(=O)c1ccc(OCC(=O)N[C@H](C)c2ccc(Br)cc2)c(Cl)c1. The molecule has 0 spiro atoms. The molecule has 0 unspecified atom stereocenters. The van der Waals surface area contributed by atoms with E-state index in [1.165, 1.54) is 18.2 Å². The predicted molar refractivity (Wildman–Crippen MR) is 113 cm³/mol. The Morgan fingerprint density at radius 3 is 2.50 bits per heavy atom. The van der Waals surface area contributed by atoms with Crippen LogP contribution in [0.1, 0.15) is 31.9 Å². The monoisotopic (exact) mass is 488 g/mol. The molecule has 0 bridgehead atoms. The van der Waals surface area contributed by atoms with E-state index in [0.717, 1.165) is 10.0 Å². The second-order valence-corrected chi connectivity index (χ2v) is 9.21. The van der Waals surface area contributed by atoms with Gasteiger partial charge in [-0.3, -0.25) is 4.79 Å². The van der Waals surface area contributed by atoms with Gasteiger partial charge in [-0.15, -0.1) is 0 Å². The number of hydrogen-bond acceptors (Lipinski definition) is 4. The van der Waals surface area contributed by atoms with Crippen LogP contribution in [0.15, 0.2) is 51.8 Å². The van der Waals surface area contributed by atoms with E-state index in [4.69, 9.17) is 16.3 Å². The molecule has 0 radical (unpaired) electrons. The molecular weight excluding hydrogens is 468 g/mol. The molecular formula is C19H22BrClN2O4S. The number of carbonyl (C=O) groups excluding carboxylic acids is 1. The van der Waals surface area contributed by atoms with Crippen molar-refractivity contribution in [1.82, 2.24) is 10.0 Å². The van der Waals surface area contributed by atoms with Crippen molar-refractivity contribution < 1.29 is 17.9 Å². The summed E-state index contributed by atoms with van der Waals surface area (Å²) in [5.41, 5.74) is 0.962. The minimum absolute atomic E-state index is 0.0478. The summed E-state index contributed by atoms with van der Waals surface area (Å²) in [6.45, 7) is 3.85. The molecule has 1 atom stereocenters. The van der Waals surface area contributed by atoms with Gasteiger partial charge in [-0.25, -0.2) is 13.1 Å². The normalized spacial score (nSPS) is 12.4. The maximum absolute atomic E-state index is 12.1. The van der Waals surface area contributed by atoms with Crippen LogP contribution in [0, 0.1) is 0 Å². The van der Waals surface area contributed by atoms with Gasteiger partial charge >= 0.3 is 0 Å². The van der Waals surface area contributed by atoms with Crippen molar-refractivity contribution in [3.63, 3.8) is 0 Å². The molecule has 0 aromatic heterocycles. The molecule has 0 heterocycles. The van der Waals surface area contributed by atoms with Crippen LogP contribution in [0.2, 0.25) is 5.02 Å². The molecule has 28 heavy (non-hydrogen) atoms. The fourth-order valence-corrected chi connectivity index (χ4v) is 4.07. The molecule has 152 valence electrons. The average molecular weight is 490 g/mol. The summed E-state index contributed by atoms with van der Waals surface area (Å²) in [4.78, 5) is 12.2. The Hall–Kier alpha value is -1.61. The first-order valence-corrected chi connectivity index (χ1v) is 11.3. The highest BCUT2D eigenvalue weighted by Gasteiger charge is 2.16. The minimum Gasteiger partial charge on any atom is -0.482 e. The highest BCUT2D eigenvalue weighted by molar-refractivity contribution is 9.10. The van der Waals surface area contributed by atoms with Crippen LogP contribution in [0.25, 0.3) is 0 Å². The molecule has 0 saturated heterocycles. The number of ether oxygens (including phenoxy) is 1. The standard InChI is InChI=1S/C19H22BrClN2O4S/c1-3-10-22-28(25,26)16-8-9-18(17(21)11-16)27-12-19(24)23-13(2)14-4-6-15(20)7-5-14/h4-9,11,13,22H,3,10,12H2,1-2H3,(H,23,24)/t13-/m1/s1. The fourth-order valence-electron chi connectivity index (χ4n) is 2.35. The van der Waals surface area contributed by atoms with Crippen molar-refractivity contribution in [2.45, 2.75) is 31.2 Å². The van der Waals surface area contributed by atoms with Crippen molar-refractivity contribution in [2.75, 3.05) is 13.2 Å². The van der Waals surface area contributed by atoms with E-state index < -0.39 is 10.0 Å². The molecule has 0 saturated carbocycles. The number of rotatable bonds is 9. The van der Waals surface area contributed by atoms with E-state index in [-0.39, 0.29) is 34.2 Å². The van der Waals surface area contributed by atoms with E-state index >= 15 is 0 Å². The molecule has 2 rings (SSSR count). The predicted octanol–water partition coefficient (Wildman–Crippen LogP) is 4.05. The Kier molecular flexibility index (Phi) is 8.30. The van der Waals surface area contributed by atoms with Gasteiger partial charge in [0.2, 0.25) is 10.0 Å². The van der Waals surface area contributed by atoms with Crippen LogP contribution < -0.4 is 14.8 Å². The van der Waals surface area contributed by atoms with Gasteiger partial charge in [0.1, 0.15) is 5.75 Å². The zero-order valence-electron chi connectivity index (χ0n) is 15.5. The number of carbonyl (C=O) groups is 1. The van der Waals surface area contributed by atoms with Gasteiger partial charge in [0.05, 0.1) is 16.0 Å². The maximum Gasteiger partial charge on any atom is 0.258 e. The Labute approximate surface area is 178 Å². The Morgan fingerprint density at radius 1 is 1.21 bits per heavy atom. The van der Waals surface area contributed by atoms with E-state index in [0.29, 0.717) is 13.0 Å². The number of amides is 1. The number of sulfonamides is 1. The second-order valence-electron chi connectivity index (χ2n) is 6.12. The summed E-state index contributed by atoms with van der Waals surface area (Å²) < 4.78 is 33.1. The lowest BCUT2D eigenvalue weighted by Crippen LogP contribution is -2.31. The Balaban J connectivity index is 1.94. The van der Waals surface area contributed by atoms with Crippen molar-refractivity contribution >= 4 is 43.5 Å². The number of halogens is 2. The molecule has 0 aliphatic rings. The lowest BCUT2D eigenvalue weighted by molar-refractivity contribution is -0.123. The lowest BCUT2D eigenvalue weighted by atomic mass is 10.1.